The number of hydrogen-bond donors (Lipinski definition) is 1. The van der Waals surface area contributed by atoms with Crippen LogP contribution in [0.15, 0.2) is 18.2 Å². The van der Waals surface area contributed by atoms with Gasteiger partial charge in [-0.05, 0) is 37.6 Å². The fraction of sp³-hybridized carbons (Fsp3) is 0.462. The average molecular weight is 221 g/mol. The first-order valence-electron chi connectivity index (χ1n) is 5.39. The van der Waals surface area contributed by atoms with Crippen LogP contribution in [0.3, 0.4) is 0 Å². The van der Waals surface area contributed by atoms with Crippen LogP contribution >= 0.6 is 0 Å². The minimum absolute atomic E-state index is 0.0201. The van der Waals surface area contributed by atoms with Crippen LogP contribution in [-0.2, 0) is 9.53 Å². The van der Waals surface area contributed by atoms with E-state index in [-0.39, 0.29) is 12.0 Å². The van der Waals surface area contributed by atoms with Gasteiger partial charge in [-0.3, -0.25) is 4.79 Å². The fourth-order valence-corrected chi connectivity index (χ4v) is 1.62. The van der Waals surface area contributed by atoms with E-state index in [1.165, 1.54) is 18.2 Å². The van der Waals surface area contributed by atoms with Gasteiger partial charge in [0.25, 0.3) is 0 Å². The summed E-state index contributed by atoms with van der Waals surface area (Å²) in [4.78, 5) is 11.2. The zero-order chi connectivity index (χ0) is 12.1. The topological polar surface area (TPSA) is 38.3 Å². The molecule has 3 heteroatoms. The summed E-state index contributed by atoms with van der Waals surface area (Å²) in [5.74, 6) is -0.197. The zero-order valence-corrected chi connectivity index (χ0v) is 10.3. The number of esters is 1. The van der Waals surface area contributed by atoms with Crippen molar-refractivity contribution in [2.45, 2.75) is 26.3 Å². The van der Waals surface area contributed by atoms with E-state index in [0.29, 0.717) is 6.42 Å². The molecule has 0 aliphatic carbocycles. The lowest BCUT2D eigenvalue weighted by Crippen LogP contribution is -2.20. The zero-order valence-electron chi connectivity index (χ0n) is 10.3. The van der Waals surface area contributed by atoms with Crippen LogP contribution in [0, 0.1) is 13.8 Å². The van der Waals surface area contributed by atoms with Crippen molar-refractivity contribution in [2.24, 2.45) is 0 Å². The van der Waals surface area contributed by atoms with Crippen molar-refractivity contribution < 1.29 is 9.53 Å². The largest absolute Gasteiger partial charge is 0.469 e. The molecule has 3 nitrogen and oxygen atoms in total. The lowest BCUT2D eigenvalue weighted by atomic mass is 9.99. The highest BCUT2D eigenvalue weighted by atomic mass is 16.5. The summed E-state index contributed by atoms with van der Waals surface area (Å²) in [5, 5.41) is 3.13. The van der Waals surface area contributed by atoms with Gasteiger partial charge in [0.1, 0.15) is 0 Å². The van der Waals surface area contributed by atoms with Gasteiger partial charge < -0.3 is 10.1 Å². The van der Waals surface area contributed by atoms with Gasteiger partial charge in [-0.15, -0.1) is 0 Å². The quantitative estimate of drug-likeness (QED) is 0.791. The van der Waals surface area contributed by atoms with E-state index in [2.05, 4.69) is 36.0 Å². The molecule has 16 heavy (non-hydrogen) atoms. The molecule has 0 aliphatic heterocycles. The third kappa shape index (κ3) is 3.07. The summed E-state index contributed by atoms with van der Waals surface area (Å²) in [7, 11) is 3.26. The maximum absolute atomic E-state index is 11.2. The number of benzene rings is 1. The standard InChI is InChI=1S/C13H19NO2/c1-9-5-6-11(7-10(9)2)12(14-3)8-13(15)16-4/h5-7,12,14H,8H2,1-4H3. The maximum Gasteiger partial charge on any atom is 0.307 e. The number of rotatable bonds is 4. The van der Waals surface area contributed by atoms with Crippen molar-refractivity contribution in [3.63, 3.8) is 0 Å². The van der Waals surface area contributed by atoms with Crippen LogP contribution in [0.5, 0.6) is 0 Å². The minimum atomic E-state index is -0.197. The second-order valence-corrected chi connectivity index (χ2v) is 3.97. The molecule has 0 saturated heterocycles. The molecule has 0 amide bonds. The number of ether oxygens (including phenoxy) is 1. The monoisotopic (exact) mass is 221 g/mol. The minimum Gasteiger partial charge on any atom is -0.469 e. The van der Waals surface area contributed by atoms with E-state index < -0.39 is 0 Å². The highest BCUT2D eigenvalue weighted by Gasteiger charge is 2.14. The van der Waals surface area contributed by atoms with Crippen LogP contribution in [0.1, 0.15) is 29.2 Å². The van der Waals surface area contributed by atoms with Crippen LogP contribution in [0.4, 0.5) is 0 Å². The Bertz CT molecular complexity index is 374. The molecule has 1 aromatic carbocycles. The fourth-order valence-electron chi connectivity index (χ4n) is 1.62. The average Bonchev–Trinajstić information content (AvgIpc) is 2.29. The van der Waals surface area contributed by atoms with E-state index in [0.717, 1.165) is 5.56 Å². The van der Waals surface area contributed by atoms with Crippen molar-refractivity contribution in [2.75, 3.05) is 14.2 Å². The summed E-state index contributed by atoms with van der Waals surface area (Å²) >= 11 is 0. The normalized spacial score (nSPS) is 12.2. The molecular weight excluding hydrogens is 202 g/mol. The van der Waals surface area contributed by atoms with E-state index >= 15 is 0 Å². The Labute approximate surface area is 96.8 Å². The molecule has 0 aliphatic rings. The third-order valence-electron chi connectivity index (χ3n) is 2.88. The molecule has 0 radical (unpaired) electrons. The first kappa shape index (κ1) is 12.7. The number of hydrogen-bond acceptors (Lipinski definition) is 3. The molecule has 0 fully saturated rings. The Hall–Kier alpha value is -1.35. The maximum atomic E-state index is 11.2. The van der Waals surface area contributed by atoms with Crippen LogP contribution in [0.25, 0.3) is 0 Å². The first-order chi connectivity index (χ1) is 7.58. The van der Waals surface area contributed by atoms with Gasteiger partial charge in [0, 0.05) is 6.04 Å². The number of carbonyl (C=O) groups is 1. The molecule has 1 rings (SSSR count). The van der Waals surface area contributed by atoms with Crippen LogP contribution < -0.4 is 5.32 Å². The van der Waals surface area contributed by atoms with E-state index in [1.54, 1.807) is 0 Å². The van der Waals surface area contributed by atoms with Gasteiger partial charge in [-0.2, -0.15) is 0 Å². The molecule has 0 bridgehead atoms. The van der Waals surface area contributed by atoms with Gasteiger partial charge in [0.15, 0.2) is 0 Å². The molecular formula is C13H19NO2. The van der Waals surface area contributed by atoms with Crippen molar-refractivity contribution >= 4 is 5.97 Å². The van der Waals surface area contributed by atoms with Gasteiger partial charge in [0.05, 0.1) is 13.5 Å². The summed E-state index contributed by atoms with van der Waals surface area (Å²) in [6.45, 7) is 4.15. The SMILES string of the molecule is CNC(CC(=O)OC)c1ccc(C)c(C)c1. The van der Waals surface area contributed by atoms with E-state index in [1.807, 2.05) is 13.1 Å². The highest BCUT2D eigenvalue weighted by Crippen LogP contribution is 2.19. The Morgan fingerprint density at radius 1 is 1.38 bits per heavy atom. The Kier molecular flexibility index (Phi) is 4.50. The molecule has 0 heterocycles. The number of nitrogens with one attached hydrogen (secondary N) is 1. The second-order valence-electron chi connectivity index (χ2n) is 3.97. The molecule has 1 atom stereocenters. The lowest BCUT2D eigenvalue weighted by molar-refractivity contribution is -0.141. The van der Waals surface area contributed by atoms with Gasteiger partial charge in [0.2, 0.25) is 0 Å². The molecule has 0 aromatic heterocycles. The molecule has 1 N–H and O–H groups in total. The molecule has 88 valence electrons. The van der Waals surface area contributed by atoms with Crippen LogP contribution in [-0.4, -0.2) is 20.1 Å². The van der Waals surface area contributed by atoms with Crippen molar-refractivity contribution in [3.8, 4) is 0 Å². The smallest absolute Gasteiger partial charge is 0.307 e. The molecule has 1 aromatic rings. The van der Waals surface area contributed by atoms with Crippen molar-refractivity contribution in [1.82, 2.24) is 5.32 Å². The van der Waals surface area contributed by atoms with E-state index in [4.69, 9.17) is 0 Å². The van der Waals surface area contributed by atoms with Crippen molar-refractivity contribution in [3.05, 3.63) is 34.9 Å². The van der Waals surface area contributed by atoms with Gasteiger partial charge in [-0.1, -0.05) is 18.2 Å². The Morgan fingerprint density at radius 2 is 2.06 bits per heavy atom. The first-order valence-corrected chi connectivity index (χ1v) is 5.39. The third-order valence-corrected chi connectivity index (χ3v) is 2.88. The molecule has 0 spiro atoms. The summed E-state index contributed by atoms with van der Waals surface area (Å²) in [6, 6.07) is 6.25. The van der Waals surface area contributed by atoms with Crippen LogP contribution in [0.2, 0.25) is 0 Å². The molecule has 1 unspecified atom stereocenters. The number of carbonyl (C=O) groups excluding carboxylic acids is 1. The van der Waals surface area contributed by atoms with Gasteiger partial charge >= 0.3 is 5.97 Å². The van der Waals surface area contributed by atoms with E-state index in [9.17, 15) is 4.79 Å². The number of aryl methyl sites for hydroxylation is 2. The van der Waals surface area contributed by atoms with Gasteiger partial charge in [-0.25, -0.2) is 0 Å². The predicted octanol–water partition coefficient (Wildman–Crippen LogP) is 2.13. The predicted molar refractivity (Wildman–Crippen MR) is 64.3 cm³/mol. The summed E-state index contributed by atoms with van der Waals surface area (Å²) in [5.41, 5.74) is 3.62. The Balaban J connectivity index is 2.86. The highest BCUT2D eigenvalue weighted by molar-refractivity contribution is 5.70. The lowest BCUT2D eigenvalue weighted by Gasteiger charge is -2.16. The molecule has 0 saturated carbocycles. The van der Waals surface area contributed by atoms with Crippen molar-refractivity contribution in [1.29, 1.82) is 0 Å². The Morgan fingerprint density at radius 3 is 2.56 bits per heavy atom. The second kappa shape index (κ2) is 5.66. The number of methoxy groups -OCH3 is 1. The summed E-state index contributed by atoms with van der Waals surface area (Å²) < 4.78 is 4.68. The summed E-state index contributed by atoms with van der Waals surface area (Å²) in [6.07, 6.45) is 0.357.